The Kier molecular flexibility index (Phi) is 2.11. The number of benzene rings is 1. The van der Waals surface area contributed by atoms with Crippen LogP contribution in [0.25, 0.3) is 0 Å². The Hall–Kier alpha value is -2.30. The van der Waals surface area contributed by atoms with Gasteiger partial charge in [-0.1, -0.05) is 30.3 Å². The zero-order valence-electron chi connectivity index (χ0n) is 9.22. The second-order valence-electron chi connectivity index (χ2n) is 4.10. The highest BCUT2D eigenvalue weighted by Gasteiger charge is 2.26. The maximum atomic E-state index is 5.82. The van der Waals surface area contributed by atoms with Gasteiger partial charge in [-0.15, -0.1) is 0 Å². The summed E-state index contributed by atoms with van der Waals surface area (Å²) in [4.78, 5) is 8.17. The van der Waals surface area contributed by atoms with E-state index < -0.39 is 0 Å². The van der Waals surface area contributed by atoms with Crippen molar-refractivity contribution >= 4 is 17.5 Å². The van der Waals surface area contributed by atoms with Crippen LogP contribution < -0.4 is 16.8 Å². The molecule has 1 aromatic carbocycles. The highest BCUT2D eigenvalue weighted by atomic mass is 15.1. The first-order chi connectivity index (χ1) is 8.24. The largest absolute Gasteiger partial charge is 0.382 e. The van der Waals surface area contributed by atoms with Gasteiger partial charge in [-0.3, -0.25) is 0 Å². The summed E-state index contributed by atoms with van der Waals surface area (Å²) in [7, 11) is 0. The van der Waals surface area contributed by atoms with Gasteiger partial charge in [0.25, 0.3) is 0 Å². The molecule has 5 N–H and O–H groups in total. The third-order valence-electron chi connectivity index (χ3n) is 2.95. The van der Waals surface area contributed by atoms with Crippen LogP contribution in [0.4, 0.5) is 17.5 Å². The van der Waals surface area contributed by atoms with Crippen molar-refractivity contribution in [3.63, 3.8) is 0 Å². The van der Waals surface area contributed by atoms with Gasteiger partial charge in [-0.2, -0.15) is 4.98 Å². The van der Waals surface area contributed by atoms with Crippen LogP contribution in [-0.2, 0) is 6.42 Å². The molecule has 0 radical (unpaired) electrons. The van der Waals surface area contributed by atoms with E-state index in [1.54, 1.807) is 0 Å². The summed E-state index contributed by atoms with van der Waals surface area (Å²) >= 11 is 0. The third-order valence-corrected chi connectivity index (χ3v) is 2.95. The molecule has 17 heavy (non-hydrogen) atoms. The molecular formula is C12H13N5. The molecule has 1 aromatic heterocycles. The number of fused-ring (bicyclic) bond motifs is 1. The van der Waals surface area contributed by atoms with Crippen LogP contribution in [-0.4, -0.2) is 9.97 Å². The number of nitrogens with one attached hydrogen (secondary N) is 1. The van der Waals surface area contributed by atoms with Crippen LogP contribution in [0, 0.1) is 0 Å². The Labute approximate surface area is 98.9 Å². The van der Waals surface area contributed by atoms with Gasteiger partial charge >= 0.3 is 0 Å². The van der Waals surface area contributed by atoms with Crippen LogP contribution in [0.3, 0.4) is 0 Å². The van der Waals surface area contributed by atoms with E-state index in [2.05, 4.69) is 27.4 Å². The quantitative estimate of drug-likeness (QED) is 0.684. The number of hydrogen-bond acceptors (Lipinski definition) is 5. The number of nitrogens with zero attached hydrogens (tertiary/aromatic N) is 2. The lowest BCUT2D eigenvalue weighted by Gasteiger charge is -2.11. The Morgan fingerprint density at radius 3 is 2.65 bits per heavy atom. The summed E-state index contributed by atoms with van der Waals surface area (Å²) in [5, 5.41) is 3.34. The van der Waals surface area contributed by atoms with E-state index in [0.717, 1.165) is 17.8 Å². The second-order valence-corrected chi connectivity index (χ2v) is 4.10. The third kappa shape index (κ3) is 1.65. The fourth-order valence-electron chi connectivity index (χ4n) is 2.16. The minimum absolute atomic E-state index is 0.199. The molecule has 0 bridgehead atoms. The molecule has 5 heteroatoms. The summed E-state index contributed by atoms with van der Waals surface area (Å²) < 4.78 is 0. The molecule has 1 atom stereocenters. The Morgan fingerprint density at radius 1 is 1.12 bits per heavy atom. The van der Waals surface area contributed by atoms with Gasteiger partial charge in [0, 0.05) is 6.42 Å². The monoisotopic (exact) mass is 227 g/mol. The van der Waals surface area contributed by atoms with Gasteiger partial charge in [0.2, 0.25) is 5.95 Å². The summed E-state index contributed by atoms with van der Waals surface area (Å²) in [6.07, 6.45) is 0.788. The van der Waals surface area contributed by atoms with Crippen molar-refractivity contribution in [1.29, 1.82) is 0 Å². The Bertz CT molecular complexity index is 552. The van der Waals surface area contributed by atoms with E-state index in [1.807, 2.05) is 18.2 Å². The van der Waals surface area contributed by atoms with Gasteiger partial charge in [-0.05, 0) is 5.56 Å². The van der Waals surface area contributed by atoms with Crippen molar-refractivity contribution in [2.75, 3.05) is 16.8 Å². The number of anilines is 3. The average molecular weight is 227 g/mol. The van der Waals surface area contributed by atoms with E-state index in [4.69, 9.17) is 11.5 Å². The molecule has 86 valence electrons. The normalized spacial score (nSPS) is 17.5. The molecular weight excluding hydrogens is 214 g/mol. The van der Waals surface area contributed by atoms with Gasteiger partial charge < -0.3 is 16.8 Å². The molecule has 2 heterocycles. The molecule has 0 fully saturated rings. The first-order valence-electron chi connectivity index (χ1n) is 5.47. The molecule has 1 aliphatic rings. The Morgan fingerprint density at radius 2 is 1.88 bits per heavy atom. The molecule has 0 saturated heterocycles. The van der Waals surface area contributed by atoms with Crippen molar-refractivity contribution in [3.8, 4) is 0 Å². The van der Waals surface area contributed by atoms with E-state index in [9.17, 15) is 0 Å². The average Bonchev–Trinajstić information content (AvgIpc) is 2.74. The summed E-state index contributed by atoms with van der Waals surface area (Å²) in [6.45, 7) is 0. The summed E-state index contributed by atoms with van der Waals surface area (Å²) in [5.74, 6) is 0.655. The molecule has 2 aromatic rings. The standard InChI is InChI=1S/C12H13N5/c13-11-10-9(16-12(14)17-11)6-8(15-10)7-4-2-1-3-5-7/h1-5,8,15H,6H2,(H4,13,14,16,17). The molecule has 5 nitrogen and oxygen atoms in total. The number of nitrogen functional groups attached to an aromatic ring is 2. The molecule has 0 aliphatic carbocycles. The van der Waals surface area contributed by atoms with Crippen molar-refractivity contribution in [2.45, 2.75) is 12.5 Å². The zero-order valence-corrected chi connectivity index (χ0v) is 9.22. The van der Waals surface area contributed by atoms with Gasteiger partial charge in [0.1, 0.15) is 0 Å². The summed E-state index contributed by atoms with van der Waals surface area (Å²) in [5.41, 5.74) is 14.3. The van der Waals surface area contributed by atoms with Crippen molar-refractivity contribution < 1.29 is 0 Å². The highest BCUT2D eigenvalue weighted by molar-refractivity contribution is 5.70. The number of hydrogen-bond donors (Lipinski definition) is 3. The van der Waals surface area contributed by atoms with Crippen LogP contribution in [0.1, 0.15) is 17.3 Å². The van der Waals surface area contributed by atoms with Crippen molar-refractivity contribution in [1.82, 2.24) is 9.97 Å². The second kappa shape index (κ2) is 3.62. The fraction of sp³-hybridized carbons (Fsp3) is 0.167. The van der Waals surface area contributed by atoms with Gasteiger partial charge in [-0.25, -0.2) is 4.98 Å². The van der Waals surface area contributed by atoms with Crippen LogP contribution >= 0.6 is 0 Å². The number of aromatic nitrogens is 2. The molecule has 0 saturated carbocycles. The van der Waals surface area contributed by atoms with Crippen LogP contribution in [0.15, 0.2) is 30.3 Å². The predicted molar refractivity (Wildman–Crippen MR) is 67.4 cm³/mol. The maximum Gasteiger partial charge on any atom is 0.222 e. The lowest BCUT2D eigenvalue weighted by atomic mass is 10.1. The van der Waals surface area contributed by atoms with Crippen LogP contribution in [0.2, 0.25) is 0 Å². The lowest BCUT2D eigenvalue weighted by Crippen LogP contribution is -2.06. The predicted octanol–water partition coefficient (Wildman–Crippen LogP) is 1.35. The molecule has 3 rings (SSSR count). The Balaban J connectivity index is 1.96. The molecule has 0 spiro atoms. The zero-order chi connectivity index (χ0) is 11.8. The molecule has 1 unspecified atom stereocenters. The first kappa shape index (κ1) is 9.89. The van der Waals surface area contributed by atoms with Crippen LogP contribution in [0.5, 0.6) is 0 Å². The molecule has 1 aliphatic heterocycles. The van der Waals surface area contributed by atoms with Gasteiger partial charge in [0.15, 0.2) is 5.82 Å². The topological polar surface area (TPSA) is 89.8 Å². The first-order valence-corrected chi connectivity index (χ1v) is 5.47. The fourth-order valence-corrected chi connectivity index (χ4v) is 2.16. The minimum Gasteiger partial charge on any atom is -0.382 e. The molecule has 0 amide bonds. The SMILES string of the molecule is Nc1nc(N)c2c(n1)CC(c1ccccc1)N2. The highest BCUT2D eigenvalue weighted by Crippen LogP contribution is 2.36. The number of rotatable bonds is 1. The van der Waals surface area contributed by atoms with E-state index >= 15 is 0 Å². The van der Waals surface area contributed by atoms with Crippen molar-refractivity contribution in [3.05, 3.63) is 41.6 Å². The van der Waals surface area contributed by atoms with E-state index in [-0.39, 0.29) is 12.0 Å². The van der Waals surface area contributed by atoms with E-state index in [0.29, 0.717) is 5.82 Å². The minimum atomic E-state index is 0.199. The van der Waals surface area contributed by atoms with Gasteiger partial charge in [0.05, 0.1) is 17.4 Å². The lowest BCUT2D eigenvalue weighted by molar-refractivity contribution is 0.810. The number of nitrogens with two attached hydrogens (primary N) is 2. The smallest absolute Gasteiger partial charge is 0.222 e. The van der Waals surface area contributed by atoms with E-state index in [1.165, 1.54) is 5.56 Å². The summed E-state index contributed by atoms with van der Waals surface area (Å²) in [6, 6.07) is 10.4. The van der Waals surface area contributed by atoms with Crippen molar-refractivity contribution in [2.24, 2.45) is 0 Å². The maximum absolute atomic E-state index is 5.82.